The van der Waals surface area contributed by atoms with E-state index in [1.807, 2.05) is 0 Å². The first-order chi connectivity index (χ1) is 18.2. The van der Waals surface area contributed by atoms with E-state index in [1.165, 1.54) is 52.8 Å². The predicted octanol–water partition coefficient (Wildman–Crippen LogP) is 3.02. The number of sulfonamides is 1. The van der Waals surface area contributed by atoms with E-state index in [9.17, 15) is 27.2 Å². The molecule has 1 aliphatic rings. The summed E-state index contributed by atoms with van der Waals surface area (Å²) in [7, 11) is -3.54. The average Bonchev–Trinajstić information content (AvgIpc) is 3.48. The number of nitrogens with one attached hydrogen (secondary N) is 3. The number of carbonyl (C=O) groups is 3. The second kappa shape index (κ2) is 12.0. The Morgan fingerprint density at radius 2 is 1.13 bits per heavy atom. The summed E-state index contributed by atoms with van der Waals surface area (Å²) in [5.41, 5.74) is 1.46. The van der Waals surface area contributed by atoms with Crippen LogP contribution in [0.5, 0.6) is 0 Å². The van der Waals surface area contributed by atoms with E-state index < -0.39 is 21.7 Å². The van der Waals surface area contributed by atoms with Crippen molar-refractivity contribution in [3.63, 3.8) is 0 Å². The molecule has 3 aromatic carbocycles. The topological polar surface area (TPSA) is 125 Å². The Labute approximate surface area is 220 Å². The fourth-order valence-corrected chi connectivity index (χ4v) is 5.44. The summed E-state index contributed by atoms with van der Waals surface area (Å²) < 4.78 is 39.7. The molecule has 38 heavy (non-hydrogen) atoms. The molecule has 0 saturated carbocycles. The van der Waals surface area contributed by atoms with Crippen LogP contribution < -0.4 is 16.0 Å². The minimum absolute atomic E-state index is 0.157. The Kier molecular flexibility index (Phi) is 8.49. The van der Waals surface area contributed by atoms with E-state index in [0.717, 1.165) is 12.8 Å². The molecule has 3 aromatic rings. The molecule has 0 radical (unpaired) electrons. The van der Waals surface area contributed by atoms with Gasteiger partial charge in [0.2, 0.25) is 10.0 Å². The van der Waals surface area contributed by atoms with Gasteiger partial charge in [0.25, 0.3) is 17.7 Å². The number of hydrogen-bond acceptors (Lipinski definition) is 5. The van der Waals surface area contributed by atoms with Gasteiger partial charge in [-0.2, -0.15) is 4.31 Å². The number of anilines is 1. The number of rotatable bonds is 9. The monoisotopic (exact) mass is 538 g/mol. The zero-order valence-electron chi connectivity index (χ0n) is 20.4. The lowest BCUT2D eigenvalue weighted by molar-refractivity contribution is 0.0927. The highest BCUT2D eigenvalue weighted by Crippen LogP contribution is 2.21. The molecule has 9 nitrogen and oxygen atoms in total. The molecule has 0 spiro atoms. The molecule has 198 valence electrons. The first-order valence-electron chi connectivity index (χ1n) is 12.1. The van der Waals surface area contributed by atoms with Crippen LogP contribution in [0.15, 0.2) is 77.7 Å². The summed E-state index contributed by atoms with van der Waals surface area (Å²) in [6.45, 7) is 1.36. The minimum atomic E-state index is -3.54. The molecule has 1 heterocycles. The summed E-state index contributed by atoms with van der Waals surface area (Å²) in [5, 5.41) is 8.05. The lowest BCUT2D eigenvalue weighted by Gasteiger charge is -2.15. The van der Waals surface area contributed by atoms with Gasteiger partial charge < -0.3 is 16.0 Å². The van der Waals surface area contributed by atoms with E-state index in [2.05, 4.69) is 16.0 Å². The first-order valence-corrected chi connectivity index (χ1v) is 13.5. The first kappa shape index (κ1) is 27.0. The van der Waals surface area contributed by atoms with Crippen molar-refractivity contribution in [3.05, 3.63) is 95.3 Å². The fraction of sp³-hybridized carbons (Fsp3) is 0.222. The highest BCUT2D eigenvalue weighted by atomic mass is 32.2. The molecule has 0 unspecified atom stereocenters. The molecule has 0 aliphatic carbocycles. The number of benzene rings is 3. The summed E-state index contributed by atoms with van der Waals surface area (Å²) in [6.07, 6.45) is 1.69. The molecule has 0 atom stereocenters. The van der Waals surface area contributed by atoms with Gasteiger partial charge in [0.05, 0.1) is 4.90 Å². The third-order valence-corrected chi connectivity index (χ3v) is 7.94. The zero-order chi connectivity index (χ0) is 27.1. The van der Waals surface area contributed by atoms with E-state index >= 15 is 0 Å². The van der Waals surface area contributed by atoms with Crippen LogP contribution in [0.4, 0.5) is 10.1 Å². The maximum absolute atomic E-state index is 13.0. The van der Waals surface area contributed by atoms with Crippen molar-refractivity contribution in [2.45, 2.75) is 17.7 Å². The number of halogens is 1. The molecular formula is C27H27FN4O5S. The fourth-order valence-electron chi connectivity index (χ4n) is 3.92. The molecule has 4 rings (SSSR count). The van der Waals surface area contributed by atoms with Crippen LogP contribution in [0.25, 0.3) is 0 Å². The maximum Gasteiger partial charge on any atom is 0.255 e. The lowest BCUT2D eigenvalue weighted by Crippen LogP contribution is -2.34. The van der Waals surface area contributed by atoms with Crippen LogP contribution in [-0.2, 0) is 10.0 Å². The van der Waals surface area contributed by atoms with Gasteiger partial charge in [-0.15, -0.1) is 0 Å². The summed E-state index contributed by atoms with van der Waals surface area (Å²) in [4.78, 5) is 37.1. The van der Waals surface area contributed by atoms with Crippen molar-refractivity contribution in [2.75, 3.05) is 31.5 Å². The molecule has 0 bridgehead atoms. The Morgan fingerprint density at radius 3 is 1.66 bits per heavy atom. The van der Waals surface area contributed by atoms with Crippen LogP contribution in [0, 0.1) is 5.82 Å². The molecule has 3 amide bonds. The van der Waals surface area contributed by atoms with Gasteiger partial charge in [0.1, 0.15) is 5.82 Å². The standard InChI is InChI=1S/C27H27FN4O5S/c28-22-9-3-21(4-10-22)27(35)31-23-11-5-19(6-12-23)25(33)29-15-16-30-26(34)20-7-13-24(14-8-20)38(36,37)32-17-1-2-18-32/h3-14H,1-2,15-18H2,(H,29,33)(H,30,34)(H,31,35). The van der Waals surface area contributed by atoms with E-state index in [1.54, 1.807) is 24.3 Å². The molecule has 1 saturated heterocycles. The Morgan fingerprint density at radius 1 is 0.684 bits per heavy atom. The summed E-state index contributed by atoms with van der Waals surface area (Å²) in [6, 6.07) is 17.2. The number of hydrogen-bond donors (Lipinski definition) is 3. The second-order valence-electron chi connectivity index (χ2n) is 8.69. The SMILES string of the molecule is O=C(NCCNC(=O)c1ccc(S(=O)(=O)N2CCCC2)cc1)c1ccc(NC(=O)c2ccc(F)cc2)cc1. The van der Waals surface area contributed by atoms with Gasteiger partial charge in [-0.05, 0) is 85.6 Å². The van der Waals surface area contributed by atoms with Crippen LogP contribution in [-0.4, -0.2) is 56.6 Å². The Bertz CT molecular complexity index is 1400. The number of carbonyl (C=O) groups excluding carboxylic acids is 3. The second-order valence-corrected chi connectivity index (χ2v) is 10.6. The predicted molar refractivity (Wildman–Crippen MR) is 140 cm³/mol. The van der Waals surface area contributed by atoms with Crippen molar-refractivity contribution in [1.29, 1.82) is 0 Å². The van der Waals surface area contributed by atoms with E-state index in [0.29, 0.717) is 35.5 Å². The van der Waals surface area contributed by atoms with Crippen LogP contribution >= 0.6 is 0 Å². The van der Waals surface area contributed by atoms with Gasteiger partial charge in [-0.25, -0.2) is 12.8 Å². The van der Waals surface area contributed by atoms with Gasteiger partial charge in [0.15, 0.2) is 0 Å². The lowest BCUT2D eigenvalue weighted by atomic mass is 10.1. The van der Waals surface area contributed by atoms with Gasteiger partial charge in [0, 0.05) is 48.6 Å². The molecular weight excluding hydrogens is 511 g/mol. The maximum atomic E-state index is 13.0. The van der Waals surface area contributed by atoms with E-state index in [-0.39, 0.29) is 29.8 Å². The number of nitrogens with zero attached hydrogens (tertiary/aromatic N) is 1. The van der Waals surface area contributed by atoms with Crippen molar-refractivity contribution in [3.8, 4) is 0 Å². The minimum Gasteiger partial charge on any atom is -0.350 e. The molecule has 11 heteroatoms. The average molecular weight is 539 g/mol. The largest absolute Gasteiger partial charge is 0.350 e. The van der Waals surface area contributed by atoms with Gasteiger partial charge in [-0.3, -0.25) is 14.4 Å². The summed E-state index contributed by atoms with van der Waals surface area (Å²) >= 11 is 0. The third kappa shape index (κ3) is 6.61. The Hall–Kier alpha value is -4.09. The molecule has 1 fully saturated rings. The molecule has 0 aromatic heterocycles. The van der Waals surface area contributed by atoms with Crippen molar-refractivity contribution in [1.82, 2.24) is 14.9 Å². The zero-order valence-corrected chi connectivity index (χ0v) is 21.3. The Balaban J connectivity index is 1.21. The van der Waals surface area contributed by atoms with Crippen LogP contribution in [0.3, 0.4) is 0 Å². The van der Waals surface area contributed by atoms with Gasteiger partial charge >= 0.3 is 0 Å². The smallest absolute Gasteiger partial charge is 0.255 e. The van der Waals surface area contributed by atoms with Gasteiger partial charge in [-0.1, -0.05) is 0 Å². The summed E-state index contributed by atoms with van der Waals surface area (Å²) in [5.74, 6) is -1.57. The molecule has 3 N–H and O–H groups in total. The third-order valence-electron chi connectivity index (χ3n) is 6.03. The highest BCUT2D eigenvalue weighted by molar-refractivity contribution is 7.89. The van der Waals surface area contributed by atoms with E-state index in [4.69, 9.17) is 0 Å². The highest BCUT2D eigenvalue weighted by Gasteiger charge is 2.27. The van der Waals surface area contributed by atoms with Crippen molar-refractivity contribution >= 4 is 33.4 Å². The number of amides is 3. The quantitative estimate of drug-likeness (QED) is 0.361. The normalized spacial score (nSPS) is 13.6. The molecule has 1 aliphatic heterocycles. The van der Waals surface area contributed by atoms with Crippen molar-refractivity contribution < 1.29 is 27.2 Å². The van der Waals surface area contributed by atoms with Crippen molar-refractivity contribution in [2.24, 2.45) is 0 Å². The van der Waals surface area contributed by atoms with Crippen LogP contribution in [0.1, 0.15) is 43.9 Å². The van der Waals surface area contributed by atoms with Crippen LogP contribution in [0.2, 0.25) is 0 Å².